The van der Waals surface area contributed by atoms with E-state index >= 15 is 0 Å². The molecular weight excluding hydrogens is 564 g/mol. The third kappa shape index (κ3) is 6.75. The van der Waals surface area contributed by atoms with Gasteiger partial charge in [-0.3, -0.25) is 14.9 Å². The lowest BCUT2D eigenvalue weighted by Crippen LogP contribution is -2.17. The predicted molar refractivity (Wildman–Crippen MR) is 167 cm³/mol. The Morgan fingerprint density at radius 1 is 0.886 bits per heavy atom. The van der Waals surface area contributed by atoms with Gasteiger partial charge in [0.2, 0.25) is 0 Å². The third-order valence-corrected chi connectivity index (χ3v) is 8.26. The van der Waals surface area contributed by atoms with Crippen molar-refractivity contribution in [1.82, 2.24) is 10.3 Å². The molecule has 6 rings (SSSR count). The van der Waals surface area contributed by atoms with E-state index in [9.17, 15) is 20.0 Å². The number of hydrogen-bond donors (Lipinski definition) is 4. The molecule has 2 aliphatic rings. The van der Waals surface area contributed by atoms with Gasteiger partial charge < -0.3 is 30.5 Å². The van der Waals surface area contributed by atoms with Crippen LogP contribution in [-0.2, 0) is 4.79 Å². The quantitative estimate of drug-likeness (QED) is 0.106. The number of carbonyl (C=O) groups excluding carboxylic acids is 1. The van der Waals surface area contributed by atoms with Crippen LogP contribution in [0, 0.1) is 37.8 Å². The number of ketones is 1. The van der Waals surface area contributed by atoms with Gasteiger partial charge in [0, 0.05) is 42.1 Å². The highest BCUT2D eigenvalue weighted by atomic mass is 16.6. The summed E-state index contributed by atoms with van der Waals surface area (Å²) in [5, 5.41) is 35.4. The maximum absolute atomic E-state index is 11.4. The summed E-state index contributed by atoms with van der Waals surface area (Å²) in [7, 11) is 0. The Labute approximate surface area is 255 Å². The molecule has 12 nitrogen and oxygen atoms in total. The first-order chi connectivity index (χ1) is 21.0. The van der Waals surface area contributed by atoms with Gasteiger partial charge in [-0.1, -0.05) is 22.4 Å². The summed E-state index contributed by atoms with van der Waals surface area (Å²) in [4.78, 5) is 22.4. The number of nitrogen functional groups attached to an aromatic ring is 1. The summed E-state index contributed by atoms with van der Waals surface area (Å²) >= 11 is 0. The Balaban J connectivity index is 0.000000175. The molecular formula is C32H38N6O6. The third-order valence-electron chi connectivity index (χ3n) is 8.26. The van der Waals surface area contributed by atoms with E-state index in [4.69, 9.17) is 14.8 Å². The van der Waals surface area contributed by atoms with Crippen molar-refractivity contribution >= 4 is 28.5 Å². The number of benzene rings is 2. The molecule has 232 valence electrons. The first-order valence-electron chi connectivity index (χ1n) is 14.8. The number of aliphatic hydroxyl groups excluding tert-OH is 1. The molecule has 44 heavy (non-hydrogen) atoms. The minimum Gasteiger partial charge on any atom is -0.397 e. The van der Waals surface area contributed by atoms with Crippen molar-refractivity contribution in [2.24, 2.45) is 0 Å². The van der Waals surface area contributed by atoms with Crippen LogP contribution in [0.15, 0.2) is 45.4 Å². The van der Waals surface area contributed by atoms with Crippen molar-refractivity contribution in [3.8, 4) is 22.3 Å². The van der Waals surface area contributed by atoms with Crippen molar-refractivity contribution in [3.05, 3.63) is 69.4 Å². The summed E-state index contributed by atoms with van der Waals surface area (Å²) in [6, 6.07) is 11.2. The first-order valence-corrected chi connectivity index (χ1v) is 14.8. The average Bonchev–Trinajstić information content (AvgIpc) is 3.75. The number of aliphatic hydroxyl groups is 1. The molecule has 2 aliphatic carbocycles. The number of carbonyl (C=O) groups is 1. The number of nitro benzene ring substituents is 1. The van der Waals surface area contributed by atoms with Crippen LogP contribution in [0.4, 0.5) is 22.7 Å². The van der Waals surface area contributed by atoms with Crippen LogP contribution in [0.5, 0.6) is 0 Å². The van der Waals surface area contributed by atoms with E-state index in [1.807, 2.05) is 45.0 Å². The second-order valence-corrected chi connectivity index (χ2v) is 11.6. The molecule has 2 aromatic heterocycles. The molecule has 0 amide bonds. The highest BCUT2D eigenvalue weighted by Crippen LogP contribution is 2.36. The van der Waals surface area contributed by atoms with E-state index in [-0.39, 0.29) is 23.9 Å². The van der Waals surface area contributed by atoms with Crippen LogP contribution < -0.4 is 16.4 Å². The molecule has 2 saturated carbocycles. The van der Waals surface area contributed by atoms with E-state index in [0.29, 0.717) is 53.4 Å². The minimum absolute atomic E-state index is 0.0175. The first kappa shape index (κ1) is 30.7. The van der Waals surface area contributed by atoms with Crippen LogP contribution in [0.25, 0.3) is 22.3 Å². The molecule has 12 heteroatoms. The molecule has 0 radical (unpaired) electrons. The largest absolute Gasteiger partial charge is 0.397 e. The summed E-state index contributed by atoms with van der Waals surface area (Å²) in [5.74, 6) is 1.74. The number of nitro groups is 1. The SMILES string of the molecule is Cc1noc(C)c1-c1ccc(N[C@@H]2CCC(=O)C2)c(N)c1.Cc1noc(C)c1-c1ccc(N[C@@H]2CC[C@@H](O)C2)c([N+](=O)[O-])c1. The number of Topliss-reactive ketones (excluding diaryl/α,β-unsaturated/α-hetero) is 1. The smallest absolute Gasteiger partial charge is 0.292 e. The van der Waals surface area contributed by atoms with Crippen LogP contribution in [0.2, 0.25) is 0 Å². The maximum Gasteiger partial charge on any atom is 0.292 e. The predicted octanol–water partition coefficient (Wildman–Crippen LogP) is 6.27. The molecule has 0 spiro atoms. The second kappa shape index (κ2) is 12.9. The fourth-order valence-electron chi connectivity index (χ4n) is 6.07. The van der Waals surface area contributed by atoms with Gasteiger partial charge in [0.05, 0.1) is 33.8 Å². The standard InChI is InChI=1S/C16H19N3O4.C16H19N3O2/c1-9-16(10(2)23-18-9)11-3-6-14(15(7-11)19(21)22)17-12-4-5-13(20)8-12;1-9-16(10(2)21-19-9)11-3-6-15(14(17)7-11)18-12-4-5-13(20)8-12/h3,6-7,12-13,17,20H,4-5,8H2,1-2H3;3,6-7,12,18H,4-5,8,17H2,1-2H3/t12-,13-;12-/m11/s1. The number of nitrogens with two attached hydrogens (primary N) is 1. The average molecular weight is 603 g/mol. The van der Waals surface area contributed by atoms with Crippen LogP contribution in [0.3, 0.4) is 0 Å². The monoisotopic (exact) mass is 602 g/mol. The molecule has 4 aromatic rings. The minimum atomic E-state index is -0.393. The lowest BCUT2D eigenvalue weighted by molar-refractivity contribution is -0.383. The number of aromatic nitrogens is 2. The number of nitrogens with zero attached hydrogens (tertiary/aromatic N) is 3. The molecule has 0 saturated heterocycles. The summed E-state index contributed by atoms with van der Waals surface area (Å²) in [5.41, 5.74) is 13.2. The van der Waals surface area contributed by atoms with Gasteiger partial charge in [0.25, 0.3) is 5.69 Å². The van der Waals surface area contributed by atoms with Gasteiger partial charge in [-0.15, -0.1) is 0 Å². The Hall–Kier alpha value is -4.71. The van der Waals surface area contributed by atoms with Crippen molar-refractivity contribution in [3.63, 3.8) is 0 Å². The maximum atomic E-state index is 11.4. The number of aryl methyl sites for hydroxylation is 4. The molecule has 2 heterocycles. The highest BCUT2D eigenvalue weighted by Gasteiger charge is 2.26. The Kier molecular flexibility index (Phi) is 9.00. The van der Waals surface area contributed by atoms with Gasteiger partial charge in [-0.05, 0) is 82.7 Å². The lowest BCUT2D eigenvalue weighted by atomic mass is 10.0. The molecule has 0 unspecified atom stereocenters. The van der Waals surface area contributed by atoms with E-state index in [2.05, 4.69) is 20.9 Å². The fraction of sp³-hybridized carbons (Fsp3) is 0.406. The summed E-state index contributed by atoms with van der Waals surface area (Å²) in [6.45, 7) is 7.40. The number of anilines is 3. The van der Waals surface area contributed by atoms with Crippen LogP contribution in [-0.4, -0.2) is 44.3 Å². The van der Waals surface area contributed by atoms with E-state index in [1.165, 1.54) is 0 Å². The molecule has 0 aliphatic heterocycles. The number of nitrogens with one attached hydrogen (secondary N) is 2. The molecule has 2 aromatic carbocycles. The highest BCUT2D eigenvalue weighted by molar-refractivity contribution is 5.83. The van der Waals surface area contributed by atoms with Gasteiger partial charge in [0.1, 0.15) is 23.0 Å². The van der Waals surface area contributed by atoms with Crippen molar-refractivity contribution in [2.45, 2.75) is 84.4 Å². The summed E-state index contributed by atoms with van der Waals surface area (Å²) in [6.07, 6.45) is 3.95. The van der Waals surface area contributed by atoms with Crippen LogP contribution >= 0.6 is 0 Å². The topological polar surface area (TPSA) is 183 Å². The van der Waals surface area contributed by atoms with Crippen molar-refractivity contribution in [2.75, 3.05) is 16.4 Å². The van der Waals surface area contributed by atoms with Crippen molar-refractivity contribution in [1.29, 1.82) is 0 Å². The van der Waals surface area contributed by atoms with E-state index < -0.39 is 4.92 Å². The zero-order valence-electron chi connectivity index (χ0n) is 25.3. The summed E-state index contributed by atoms with van der Waals surface area (Å²) < 4.78 is 10.3. The second-order valence-electron chi connectivity index (χ2n) is 11.6. The molecule has 3 atom stereocenters. The zero-order valence-corrected chi connectivity index (χ0v) is 25.3. The van der Waals surface area contributed by atoms with E-state index in [1.54, 1.807) is 19.1 Å². The number of hydrogen-bond acceptors (Lipinski definition) is 11. The van der Waals surface area contributed by atoms with Crippen molar-refractivity contribution < 1.29 is 23.9 Å². The fourth-order valence-corrected chi connectivity index (χ4v) is 6.07. The van der Waals surface area contributed by atoms with Crippen LogP contribution in [0.1, 0.15) is 61.4 Å². The zero-order chi connectivity index (χ0) is 31.5. The van der Waals surface area contributed by atoms with Gasteiger partial charge >= 0.3 is 0 Å². The number of rotatable bonds is 7. The molecule has 2 fully saturated rings. The molecule has 0 bridgehead atoms. The van der Waals surface area contributed by atoms with Gasteiger partial charge in [-0.25, -0.2) is 0 Å². The van der Waals surface area contributed by atoms with Gasteiger partial charge in [0.15, 0.2) is 0 Å². The Morgan fingerprint density at radius 2 is 1.48 bits per heavy atom. The molecule has 5 N–H and O–H groups in total. The normalized spacial score (nSPS) is 19.5. The Morgan fingerprint density at radius 3 is 1.95 bits per heavy atom. The Bertz CT molecular complexity index is 1640. The van der Waals surface area contributed by atoms with E-state index in [0.717, 1.165) is 53.1 Å². The lowest BCUT2D eigenvalue weighted by Gasteiger charge is -2.15. The van der Waals surface area contributed by atoms with Gasteiger partial charge in [-0.2, -0.15) is 0 Å².